The molecule has 28 heavy (non-hydrogen) atoms. The molecule has 0 aliphatic heterocycles. The number of para-hydroxylation sites is 1. The molecule has 0 atom stereocenters. The quantitative estimate of drug-likeness (QED) is 0.488. The Kier molecular flexibility index (Phi) is 6.25. The average Bonchev–Trinajstić information content (AvgIpc) is 2.74. The van der Waals surface area contributed by atoms with Gasteiger partial charge in [0, 0.05) is 5.56 Å². The molecule has 0 saturated heterocycles. The van der Waals surface area contributed by atoms with E-state index >= 15 is 0 Å². The number of hydrogen-bond donors (Lipinski definition) is 2. The average molecular weight is 376 g/mol. The smallest absolute Gasteiger partial charge is 0.277 e. The lowest BCUT2D eigenvalue weighted by Gasteiger charge is -2.07. The molecular weight excluding hydrogens is 356 g/mol. The lowest BCUT2D eigenvalue weighted by molar-refractivity contribution is -0.123. The van der Waals surface area contributed by atoms with Crippen LogP contribution in [-0.2, 0) is 4.79 Å². The van der Waals surface area contributed by atoms with Gasteiger partial charge in [-0.1, -0.05) is 48.5 Å². The number of carbonyl (C=O) groups is 1. The number of phenolic OH excluding ortho intramolecular Hbond substituents is 1. The molecule has 0 aliphatic carbocycles. The van der Waals surface area contributed by atoms with Gasteiger partial charge in [-0.2, -0.15) is 5.10 Å². The molecule has 6 nitrogen and oxygen atoms in total. The van der Waals surface area contributed by atoms with E-state index in [2.05, 4.69) is 10.5 Å². The number of benzene rings is 3. The van der Waals surface area contributed by atoms with Crippen LogP contribution in [0.2, 0.25) is 0 Å². The highest BCUT2D eigenvalue weighted by atomic mass is 16.5. The van der Waals surface area contributed by atoms with Gasteiger partial charge < -0.3 is 14.6 Å². The van der Waals surface area contributed by atoms with Gasteiger partial charge in [0.15, 0.2) is 18.1 Å². The van der Waals surface area contributed by atoms with Crippen molar-refractivity contribution in [3.63, 3.8) is 0 Å². The van der Waals surface area contributed by atoms with Gasteiger partial charge in [-0.25, -0.2) is 5.43 Å². The standard InChI is InChI=1S/C22H20N2O4/c1-27-20-9-5-8-18(22(20)26)14-23-24-21(25)15-28-19-12-10-17(11-13-19)16-6-3-2-4-7-16/h2-14,26H,15H2,1H3,(H,24,25)/b23-14+. The zero-order chi connectivity index (χ0) is 19.8. The van der Waals surface area contributed by atoms with E-state index in [4.69, 9.17) is 9.47 Å². The number of rotatable bonds is 7. The van der Waals surface area contributed by atoms with Crippen molar-refractivity contribution < 1.29 is 19.4 Å². The highest BCUT2D eigenvalue weighted by molar-refractivity contribution is 5.86. The van der Waals surface area contributed by atoms with E-state index in [0.717, 1.165) is 11.1 Å². The minimum Gasteiger partial charge on any atom is -0.504 e. The second-order valence-corrected chi connectivity index (χ2v) is 5.87. The summed E-state index contributed by atoms with van der Waals surface area (Å²) in [5.41, 5.74) is 4.97. The zero-order valence-electron chi connectivity index (χ0n) is 15.3. The summed E-state index contributed by atoms with van der Waals surface area (Å²) in [7, 11) is 1.46. The van der Waals surface area contributed by atoms with E-state index in [0.29, 0.717) is 17.1 Å². The lowest BCUT2D eigenvalue weighted by atomic mass is 10.1. The van der Waals surface area contributed by atoms with Gasteiger partial charge >= 0.3 is 0 Å². The van der Waals surface area contributed by atoms with Crippen LogP contribution < -0.4 is 14.9 Å². The molecule has 0 spiro atoms. The number of carbonyl (C=O) groups excluding carboxylic acids is 1. The van der Waals surface area contributed by atoms with Crippen LogP contribution in [0.3, 0.4) is 0 Å². The molecule has 0 unspecified atom stereocenters. The van der Waals surface area contributed by atoms with E-state index in [9.17, 15) is 9.90 Å². The number of ether oxygens (including phenoxy) is 2. The van der Waals surface area contributed by atoms with Gasteiger partial charge in [0.2, 0.25) is 0 Å². The van der Waals surface area contributed by atoms with Gasteiger partial charge in [0.25, 0.3) is 5.91 Å². The summed E-state index contributed by atoms with van der Waals surface area (Å²) in [5.74, 6) is 0.463. The summed E-state index contributed by atoms with van der Waals surface area (Å²) in [6, 6.07) is 22.5. The molecule has 0 fully saturated rings. The van der Waals surface area contributed by atoms with Gasteiger partial charge in [-0.3, -0.25) is 4.79 Å². The van der Waals surface area contributed by atoms with Crippen molar-refractivity contribution >= 4 is 12.1 Å². The summed E-state index contributed by atoms with van der Waals surface area (Å²) >= 11 is 0. The number of nitrogens with one attached hydrogen (secondary N) is 1. The van der Waals surface area contributed by atoms with Crippen molar-refractivity contribution in [3.8, 4) is 28.4 Å². The zero-order valence-corrected chi connectivity index (χ0v) is 15.3. The van der Waals surface area contributed by atoms with Crippen molar-refractivity contribution in [2.45, 2.75) is 0 Å². The molecule has 0 heterocycles. The van der Waals surface area contributed by atoms with Crippen molar-refractivity contribution in [1.29, 1.82) is 0 Å². The monoisotopic (exact) mass is 376 g/mol. The Morgan fingerprint density at radius 1 is 1.00 bits per heavy atom. The molecule has 3 rings (SSSR count). The first-order valence-electron chi connectivity index (χ1n) is 8.63. The topological polar surface area (TPSA) is 80.2 Å². The summed E-state index contributed by atoms with van der Waals surface area (Å²) in [6.07, 6.45) is 1.34. The molecule has 1 amide bonds. The van der Waals surface area contributed by atoms with Crippen molar-refractivity contribution in [2.24, 2.45) is 5.10 Å². The fourth-order valence-electron chi connectivity index (χ4n) is 2.54. The van der Waals surface area contributed by atoms with E-state index in [-0.39, 0.29) is 12.4 Å². The minimum absolute atomic E-state index is 0.0437. The van der Waals surface area contributed by atoms with E-state index < -0.39 is 5.91 Å². The third-order valence-corrected chi connectivity index (χ3v) is 3.97. The highest BCUT2D eigenvalue weighted by Crippen LogP contribution is 2.28. The van der Waals surface area contributed by atoms with Gasteiger partial charge in [0.05, 0.1) is 13.3 Å². The second-order valence-electron chi connectivity index (χ2n) is 5.87. The van der Waals surface area contributed by atoms with Crippen LogP contribution in [0.4, 0.5) is 0 Å². The Bertz CT molecular complexity index is 954. The Morgan fingerprint density at radius 3 is 2.43 bits per heavy atom. The third kappa shape index (κ3) is 4.88. The molecular formula is C22H20N2O4. The summed E-state index contributed by atoms with van der Waals surface area (Å²) in [4.78, 5) is 11.9. The molecule has 3 aromatic carbocycles. The number of methoxy groups -OCH3 is 1. The van der Waals surface area contributed by atoms with Crippen molar-refractivity contribution in [3.05, 3.63) is 78.4 Å². The Labute approximate surface area is 163 Å². The first-order chi connectivity index (χ1) is 13.7. The number of phenols is 1. The maximum absolute atomic E-state index is 11.9. The van der Waals surface area contributed by atoms with Gasteiger partial charge in [-0.05, 0) is 35.4 Å². The molecule has 6 heteroatoms. The minimum atomic E-state index is -0.411. The summed E-state index contributed by atoms with van der Waals surface area (Å²) < 4.78 is 10.5. The van der Waals surface area contributed by atoms with Crippen LogP contribution in [0.1, 0.15) is 5.56 Å². The Morgan fingerprint density at radius 2 is 1.71 bits per heavy atom. The van der Waals surface area contributed by atoms with Crippen LogP contribution in [0.5, 0.6) is 17.2 Å². The SMILES string of the molecule is COc1cccc(/C=N/NC(=O)COc2ccc(-c3ccccc3)cc2)c1O. The largest absolute Gasteiger partial charge is 0.504 e. The predicted molar refractivity (Wildman–Crippen MR) is 108 cm³/mol. The van der Waals surface area contributed by atoms with Crippen LogP contribution in [-0.4, -0.2) is 30.9 Å². The highest BCUT2D eigenvalue weighted by Gasteiger charge is 2.06. The lowest BCUT2D eigenvalue weighted by Crippen LogP contribution is -2.24. The molecule has 0 aromatic heterocycles. The van der Waals surface area contributed by atoms with Crippen LogP contribution in [0, 0.1) is 0 Å². The number of amides is 1. The van der Waals surface area contributed by atoms with Crippen LogP contribution in [0.25, 0.3) is 11.1 Å². The predicted octanol–water partition coefficient (Wildman–Crippen LogP) is 3.60. The molecule has 142 valence electrons. The third-order valence-electron chi connectivity index (χ3n) is 3.97. The summed E-state index contributed by atoms with van der Waals surface area (Å²) in [5, 5.41) is 13.8. The number of hydrazone groups is 1. The summed E-state index contributed by atoms with van der Waals surface area (Å²) in [6.45, 7) is -0.174. The maximum atomic E-state index is 11.9. The van der Waals surface area contributed by atoms with Gasteiger partial charge in [0.1, 0.15) is 5.75 Å². The first kappa shape index (κ1) is 19.0. The van der Waals surface area contributed by atoms with Crippen molar-refractivity contribution in [2.75, 3.05) is 13.7 Å². The number of aromatic hydroxyl groups is 1. The molecule has 0 aliphatic rings. The van der Waals surface area contributed by atoms with Gasteiger partial charge in [-0.15, -0.1) is 0 Å². The van der Waals surface area contributed by atoms with E-state index in [1.807, 2.05) is 54.6 Å². The fraction of sp³-hybridized carbons (Fsp3) is 0.0909. The van der Waals surface area contributed by atoms with Crippen molar-refractivity contribution in [1.82, 2.24) is 5.43 Å². The Balaban J connectivity index is 1.51. The normalized spacial score (nSPS) is 10.6. The van der Waals surface area contributed by atoms with E-state index in [1.165, 1.54) is 13.3 Å². The second kappa shape index (κ2) is 9.23. The molecule has 3 aromatic rings. The van der Waals surface area contributed by atoms with Crippen LogP contribution >= 0.6 is 0 Å². The fourth-order valence-corrected chi connectivity index (χ4v) is 2.54. The van der Waals surface area contributed by atoms with E-state index in [1.54, 1.807) is 18.2 Å². The van der Waals surface area contributed by atoms with Crippen LogP contribution in [0.15, 0.2) is 77.9 Å². The number of hydrogen-bond acceptors (Lipinski definition) is 5. The molecule has 0 radical (unpaired) electrons. The molecule has 0 saturated carbocycles. The Hall–Kier alpha value is -3.80. The molecule has 0 bridgehead atoms. The maximum Gasteiger partial charge on any atom is 0.277 e. The molecule has 2 N–H and O–H groups in total. The number of nitrogens with zero attached hydrogens (tertiary/aromatic N) is 1. The first-order valence-corrected chi connectivity index (χ1v) is 8.63.